The number of carbonyl (C=O) groups is 1. The molecule has 0 heterocycles. The zero-order valence-electron chi connectivity index (χ0n) is 19.5. The number of rotatable bonds is 7. The highest BCUT2D eigenvalue weighted by atomic mass is 35.5. The molecule has 0 spiro atoms. The Hall–Kier alpha value is -2.19. The van der Waals surface area contributed by atoms with Crippen LogP contribution in [0.1, 0.15) is 36.0 Å². The van der Waals surface area contributed by atoms with Crippen molar-refractivity contribution in [2.24, 2.45) is 11.8 Å². The Kier molecular flexibility index (Phi) is 7.40. The Morgan fingerprint density at radius 1 is 1.05 bits per heavy atom. The van der Waals surface area contributed by atoms with E-state index in [1.807, 2.05) is 0 Å². The Bertz CT molecular complexity index is 1430. The van der Waals surface area contributed by atoms with Crippen molar-refractivity contribution in [3.8, 4) is 0 Å². The molecule has 1 amide bonds. The smallest absolute Gasteiger partial charge is 0.255 e. The van der Waals surface area contributed by atoms with E-state index >= 15 is 0 Å². The molecule has 8 nitrogen and oxygen atoms in total. The average Bonchev–Trinajstić information content (AvgIpc) is 3.09. The number of nitrogens with one attached hydrogen (secondary N) is 2. The lowest BCUT2D eigenvalue weighted by Crippen LogP contribution is -2.51. The highest BCUT2D eigenvalue weighted by Gasteiger charge is 2.54. The van der Waals surface area contributed by atoms with Crippen molar-refractivity contribution in [2.75, 3.05) is 18.1 Å². The lowest BCUT2D eigenvalue weighted by Gasteiger charge is -2.40. The van der Waals surface area contributed by atoms with E-state index in [1.165, 1.54) is 12.1 Å². The molecular weight excluding hydrogens is 557 g/mol. The lowest BCUT2D eigenvalue weighted by atomic mass is 9.77. The third-order valence-corrected chi connectivity index (χ3v) is 10.4. The zero-order chi connectivity index (χ0) is 27.3. The summed E-state index contributed by atoms with van der Waals surface area (Å²) in [6.07, 6.45) is 2.12. The molecule has 2 aliphatic rings. The molecule has 0 saturated heterocycles. The molecule has 3 N–H and O–H groups in total. The van der Waals surface area contributed by atoms with Crippen molar-refractivity contribution in [3.63, 3.8) is 0 Å². The summed E-state index contributed by atoms with van der Waals surface area (Å²) in [6.45, 7) is -0.230. The van der Waals surface area contributed by atoms with Crippen molar-refractivity contribution in [1.82, 2.24) is 4.72 Å². The van der Waals surface area contributed by atoms with Gasteiger partial charge in [-0.3, -0.25) is 4.79 Å². The van der Waals surface area contributed by atoms with Crippen molar-refractivity contribution < 1.29 is 39.9 Å². The van der Waals surface area contributed by atoms with Crippen molar-refractivity contribution in [3.05, 3.63) is 58.4 Å². The standard InChI is InChI=1S/C23H24ClF3N2O6S2/c1-36(32,33)28-11-23(31)9-13-2-3-14(10-23)21(13)37(34,35)19-6-12(4-5-16(19)24)22(30)29-15-7-17(25)20(27)18(26)8-15/h4-8,13-14,21,28,31H,2-3,9-11H2,1H3,(H,29,30)/t13-,14?,21+,23+/m0/s1. The summed E-state index contributed by atoms with van der Waals surface area (Å²) in [4.78, 5) is 12.4. The first-order valence-electron chi connectivity index (χ1n) is 11.3. The number of fused-ring (bicyclic) bond motifs is 2. The minimum absolute atomic E-state index is 0.0649. The van der Waals surface area contributed by atoms with Crippen LogP contribution < -0.4 is 10.0 Å². The van der Waals surface area contributed by atoms with Crippen LogP contribution in [-0.2, 0) is 19.9 Å². The Morgan fingerprint density at radius 3 is 2.16 bits per heavy atom. The SMILES string of the molecule is CS(=O)(=O)NC[C@]1(O)CC2CC[C@@H](C1)[C@H]2S(=O)(=O)c1cc(C(=O)Nc2cc(F)c(F)c(F)c2)ccc1Cl. The molecule has 37 heavy (non-hydrogen) atoms. The van der Waals surface area contributed by atoms with Crippen molar-refractivity contribution >= 4 is 43.1 Å². The van der Waals surface area contributed by atoms with Crippen LogP contribution in [0.4, 0.5) is 18.9 Å². The van der Waals surface area contributed by atoms with Gasteiger partial charge in [0.05, 0.1) is 27.0 Å². The molecule has 0 aliphatic heterocycles. The molecule has 4 atom stereocenters. The molecule has 0 radical (unpaired) electrons. The van der Waals surface area contributed by atoms with E-state index in [2.05, 4.69) is 10.0 Å². The van der Waals surface area contributed by atoms with Gasteiger partial charge in [0.25, 0.3) is 5.91 Å². The quantitative estimate of drug-likeness (QED) is 0.431. The normalized spacial score (nSPS) is 25.7. The van der Waals surface area contributed by atoms with E-state index in [9.17, 15) is 39.9 Å². The number of sulfone groups is 1. The second-order valence-electron chi connectivity index (χ2n) is 9.69. The number of anilines is 1. The van der Waals surface area contributed by atoms with Gasteiger partial charge in [0.15, 0.2) is 27.3 Å². The first kappa shape index (κ1) is 27.8. The van der Waals surface area contributed by atoms with Crippen LogP contribution >= 0.6 is 11.6 Å². The van der Waals surface area contributed by atoms with Crippen molar-refractivity contribution in [1.29, 1.82) is 0 Å². The van der Waals surface area contributed by atoms with Crippen LogP contribution in [0.5, 0.6) is 0 Å². The largest absolute Gasteiger partial charge is 0.389 e. The summed E-state index contributed by atoms with van der Waals surface area (Å²) in [6, 6.07) is 4.69. The molecule has 2 bridgehead atoms. The molecule has 202 valence electrons. The van der Waals surface area contributed by atoms with E-state index in [1.54, 1.807) is 0 Å². The van der Waals surface area contributed by atoms with Crippen LogP contribution in [0.2, 0.25) is 5.02 Å². The molecule has 2 aromatic carbocycles. The first-order valence-corrected chi connectivity index (χ1v) is 15.1. The summed E-state index contributed by atoms with van der Waals surface area (Å²) < 4.78 is 92.8. The van der Waals surface area contributed by atoms with Gasteiger partial charge in [-0.25, -0.2) is 34.7 Å². The predicted octanol–water partition coefficient (Wildman–Crippen LogP) is 3.25. The number of benzene rings is 2. The third kappa shape index (κ3) is 5.80. The topological polar surface area (TPSA) is 130 Å². The number of halogens is 4. The van der Waals surface area contributed by atoms with Crippen LogP contribution in [0.15, 0.2) is 35.2 Å². The number of amides is 1. The molecule has 4 rings (SSSR count). The van der Waals surface area contributed by atoms with Gasteiger partial charge < -0.3 is 10.4 Å². The Morgan fingerprint density at radius 2 is 1.62 bits per heavy atom. The predicted molar refractivity (Wildman–Crippen MR) is 130 cm³/mol. The first-order chi connectivity index (χ1) is 17.1. The number of hydrogen-bond acceptors (Lipinski definition) is 6. The average molecular weight is 581 g/mol. The van der Waals surface area contributed by atoms with E-state index < -0.39 is 65.9 Å². The van der Waals surface area contributed by atoms with Gasteiger partial charge in [-0.2, -0.15) is 0 Å². The van der Waals surface area contributed by atoms with Gasteiger partial charge >= 0.3 is 0 Å². The monoisotopic (exact) mass is 580 g/mol. The van der Waals surface area contributed by atoms with E-state index in [0.717, 1.165) is 12.3 Å². The summed E-state index contributed by atoms with van der Waals surface area (Å²) >= 11 is 6.22. The summed E-state index contributed by atoms with van der Waals surface area (Å²) in [7, 11) is -7.65. The molecule has 14 heteroatoms. The highest BCUT2D eigenvalue weighted by Crippen LogP contribution is 2.51. The maximum absolute atomic E-state index is 13.7. The van der Waals surface area contributed by atoms with Crippen LogP contribution in [0.3, 0.4) is 0 Å². The summed E-state index contributed by atoms with van der Waals surface area (Å²) in [5.74, 6) is -6.53. The molecule has 2 saturated carbocycles. The van der Waals surface area contributed by atoms with E-state index in [-0.39, 0.29) is 40.6 Å². The second kappa shape index (κ2) is 9.84. The fourth-order valence-corrected chi connectivity index (χ4v) is 8.77. The molecule has 1 unspecified atom stereocenters. The molecule has 2 aliphatic carbocycles. The lowest BCUT2D eigenvalue weighted by molar-refractivity contribution is -0.0136. The van der Waals surface area contributed by atoms with Crippen LogP contribution in [0.25, 0.3) is 0 Å². The molecule has 2 aromatic rings. The number of hydrogen-bond donors (Lipinski definition) is 3. The van der Waals surface area contributed by atoms with Gasteiger partial charge in [0, 0.05) is 29.9 Å². The van der Waals surface area contributed by atoms with Gasteiger partial charge in [0.1, 0.15) is 0 Å². The third-order valence-electron chi connectivity index (χ3n) is 6.89. The Balaban J connectivity index is 1.58. The van der Waals surface area contributed by atoms with Gasteiger partial charge in [-0.1, -0.05) is 11.6 Å². The van der Waals surface area contributed by atoms with Gasteiger partial charge in [-0.05, 0) is 55.7 Å². The fraction of sp³-hybridized carbons (Fsp3) is 0.435. The number of sulfonamides is 1. The van der Waals surface area contributed by atoms with E-state index in [4.69, 9.17) is 11.6 Å². The minimum Gasteiger partial charge on any atom is -0.389 e. The number of aliphatic hydroxyl groups is 1. The maximum atomic E-state index is 13.7. The van der Waals surface area contributed by atoms with Crippen molar-refractivity contribution in [2.45, 2.75) is 41.4 Å². The molecule has 0 aromatic heterocycles. The second-order valence-corrected chi connectivity index (χ2v) is 14.0. The molecule has 2 fully saturated rings. The number of carbonyl (C=O) groups excluding carboxylic acids is 1. The zero-order valence-corrected chi connectivity index (χ0v) is 21.9. The minimum atomic E-state index is -4.10. The van der Waals surface area contributed by atoms with Crippen LogP contribution in [0, 0.1) is 29.3 Å². The highest BCUT2D eigenvalue weighted by molar-refractivity contribution is 7.92. The fourth-order valence-electron chi connectivity index (χ4n) is 5.39. The maximum Gasteiger partial charge on any atom is 0.255 e. The molecular formula is C23H24ClF3N2O6S2. The van der Waals surface area contributed by atoms with Gasteiger partial charge in [0.2, 0.25) is 10.0 Å². The van der Waals surface area contributed by atoms with E-state index in [0.29, 0.717) is 25.0 Å². The van der Waals surface area contributed by atoms with Crippen LogP contribution in [-0.4, -0.2) is 51.5 Å². The summed E-state index contributed by atoms with van der Waals surface area (Å²) in [5, 5.41) is 12.1. The summed E-state index contributed by atoms with van der Waals surface area (Å²) in [5.41, 5.74) is -1.93. The Labute approximate surface area is 217 Å². The van der Waals surface area contributed by atoms with Gasteiger partial charge in [-0.15, -0.1) is 0 Å².